The predicted octanol–water partition coefficient (Wildman–Crippen LogP) is -1.02. The zero-order valence-corrected chi connectivity index (χ0v) is 8.19. The highest BCUT2D eigenvalue weighted by Gasteiger charge is 2.18. The van der Waals surface area contributed by atoms with Crippen LogP contribution in [0.2, 0.25) is 5.02 Å². The van der Waals surface area contributed by atoms with Gasteiger partial charge in [0.15, 0.2) is 0 Å². The quantitative estimate of drug-likeness (QED) is 0.494. The molecule has 7 nitrogen and oxygen atoms in total. The second-order valence-corrected chi connectivity index (χ2v) is 3.09. The SMILES string of the molecule is O=C([O-])c1cc(C(=O)[O-])c([N+](=O)[O-])cc1Cl. The van der Waals surface area contributed by atoms with Crippen molar-refractivity contribution in [2.24, 2.45) is 0 Å². The monoisotopic (exact) mass is 243 g/mol. The van der Waals surface area contributed by atoms with Gasteiger partial charge in [-0.3, -0.25) is 10.1 Å². The van der Waals surface area contributed by atoms with Crippen LogP contribution in [0.25, 0.3) is 0 Å². The maximum atomic E-state index is 10.5. The minimum Gasteiger partial charge on any atom is -0.545 e. The molecule has 0 fully saturated rings. The van der Waals surface area contributed by atoms with Crippen molar-refractivity contribution >= 4 is 29.2 Å². The Morgan fingerprint density at radius 2 is 1.62 bits per heavy atom. The van der Waals surface area contributed by atoms with E-state index in [-0.39, 0.29) is 0 Å². The smallest absolute Gasteiger partial charge is 0.279 e. The fraction of sp³-hybridized carbons (Fsp3) is 0. The van der Waals surface area contributed by atoms with Crippen LogP contribution in [0.1, 0.15) is 20.7 Å². The lowest BCUT2D eigenvalue weighted by molar-refractivity contribution is -0.385. The minimum atomic E-state index is -1.87. The van der Waals surface area contributed by atoms with E-state index in [1.165, 1.54) is 0 Å². The van der Waals surface area contributed by atoms with E-state index >= 15 is 0 Å². The van der Waals surface area contributed by atoms with Gasteiger partial charge in [0.25, 0.3) is 5.69 Å². The van der Waals surface area contributed by atoms with E-state index in [0.29, 0.717) is 12.1 Å². The molecule has 0 amide bonds. The third kappa shape index (κ3) is 2.09. The Labute approximate surface area is 93.0 Å². The van der Waals surface area contributed by atoms with E-state index < -0.39 is 38.7 Å². The Hall–Kier alpha value is -2.15. The molecular formula is C8H2ClNO6-2. The van der Waals surface area contributed by atoms with Crippen LogP contribution in [0.4, 0.5) is 5.69 Å². The van der Waals surface area contributed by atoms with Gasteiger partial charge in [-0.05, 0) is 6.07 Å². The van der Waals surface area contributed by atoms with Crippen LogP contribution in [0, 0.1) is 10.1 Å². The Kier molecular flexibility index (Phi) is 3.09. The summed E-state index contributed by atoms with van der Waals surface area (Å²) in [6.45, 7) is 0. The summed E-state index contributed by atoms with van der Waals surface area (Å²) in [7, 11) is 0. The molecule has 0 atom stereocenters. The fourth-order valence-corrected chi connectivity index (χ4v) is 1.27. The molecule has 0 saturated carbocycles. The molecule has 0 bridgehead atoms. The predicted molar refractivity (Wildman–Crippen MR) is 46.8 cm³/mol. The first-order valence-corrected chi connectivity index (χ1v) is 4.13. The van der Waals surface area contributed by atoms with E-state index in [2.05, 4.69) is 0 Å². The summed E-state index contributed by atoms with van der Waals surface area (Å²) in [4.78, 5) is 30.5. The number of nitrogens with zero attached hydrogens (tertiary/aromatic N) is 1. The first-order chi connectivity index (χ1) is 7.34. The fourth-order valence-electron chi connectivity index (χ4n) is 1.03. The Balaban J connectivity index is 3.55. The van der Waals surface area contributed by atoms with Gasteiger partial charge in [0.05, 0.1) is 27.4 Å². The molecular weight excluding hydrogens is 242 g/mol. The molecule has 0 aromatic heterocycles. The number of aromatic carboxylic acids is 2. The number of carbonyl (C=O) groups is 2. The van der Waals surface area contributed by atoms with E-state index in [1.54, 1.807) is 0 Å². The zero-order valence-electron chi connectivity index (χ0n) is 7.43. The molecule has 0 heterocycles. The Morgan fingerprint density at radius 3 is 2.00 bits per heavy atom. The number of nitro groups is 1. The van der Waals surface area contributed by atoms with Crippen LogP contribution in [0.5, 0.6) is 0 Å². The molecule has 1 aromatic carbocycles. The number of nitro benzene ring substituents is 1. The minimum absolute atomic E-state index is 0.475. The molecule has 0 saturated heterocycles. The standard InChI is InChI=1S/C8H4ClNO6/c9-5-2-6(10(15)16)4(8(13)14)1-3(5)7(11)12/h1-2H,(H,11,12)(H,13,14)/p-2. The van der Waals surface area contributed by atoms with Crippen LogP contribution < -0.4 is 10.2 Å². The lowest BCUT2D eigenvalue weighted by Gasteiger charge is -2.09. The van der Waals surface area contributed by atoms with Crippen LogP contribution in [0.15, 0.2) is 12.1 Å². The van der Waals surface area contributed by atoms with Crippen LogP contribution in [-0.2, 0) is 0 Å². The number of carboxylic acid groups (broad SMARTS) is 2. The molecule has 0 spiro atoms. The van der Waals surface area contributed by atoms with Crippen molar-refractivity contribution < 1.29 is 24.7 Å². The number of carbonyl (C=O) groups excluding carboxylic acids is 2. The number of hydrogen-bond acceptors (Lipinski definition) is 6. The van der Waals surface area contributed by atoms with Gasteiger partial charge in [-0.1, -0.05) is 11.6 Å². The van der Waals surface area contributed by atoms with Crippen molar-refractivity contribution in [2.75, 3.05) is 0 Å². The highest BCUT2D eigenvalue weighted by molar-refractivity contribution is 6.33. The van der Waals surface area contributed by atoms with Gasteiger partial charge >= 0.3 is 0 Å². The average Bonchev–Trinajstić information content (AvgIpc) is 2.15. The zero-order chi connectivity index (χ0) is 12.5. The van der Waals surface area contributed by atoms with Crippen molar-refractivity contribution in [3.63, 3.8) is 0 Å². The number of rotatable bonds is 3. The van der Waals surface area contributed by atoms with E-state index in [1.807, 2.05) is 0 Å². The third-order valence-electron chi connectivity index (χ3n) is 1.72. The van der Waals surface area contributed by atoms with Crippen molar-refractivity contribution in [1.82, 2.24) is 0 Å². The lowest BCUT2D eigenvalue weighted by Crippen LogP contribution is -2.26. The molecule has 0 aliphatic carbocycles. The molecule has 0 radical (unpaired) electrons. The van der Waals surface area contributed by atoms with Crippen LogP contribution in [0.3, 0.4) is 0 Å². The van der Waals surface area contributed by atoms with E-state index in [9.17, 15) is 29.9 Å². The van der Waals surface area contributed by atoms with Crippen molar-refractivity contribution in [1.29, 1.82) is 0 Å². The summed E-state index contributed by atoms with van der Waals surface area (Å²) in [6.07, 6.45) is 0. The van der Waals surface area contributed by atoms with Crippen molar-refractivity contribution in [2.45, 2.75) is 0 Å². The molecule has 8 heteroatoms. The summed E-state index contributed by atoms with van der Waals surface area (Å²) in [5, 5.41) is 31.0. The topological polar surface area (TPSA) is 123 Å². The third-order valence-corrected chi connectivity index (χ3v) is 2.03. The van der Waals surface area contributed by atoms with Gasteiger partial charge in [-0.25, -0.2) is 0 Å². The number of carboxylic acids is 2. The van der Waals surface area contributed by atoms with E-state index in [4.69, 9.17) is 11.6 Å². The van der Waals surface area contributed by atoms with E-state index in [0.717, 1.165) is 0 Å². The van der Waals surface area contributed by atoms with Gasteiger partial charge in [0.2, 0.25) is 0 Å². The first-order valence-electron chi connectivity index (χ1n) is 3.75. The van der Waals surface area contributed by atoms with Crippen molar-refractivity contribution in [3.05, 3.63) is 38.4 Å². The molecule has 0 unspecified atom stereocenters. The van der Waals surface area contributed by atoms with Crippen LogP contribution >= 0.6 is 11.6 Å². The van der Waals surface area contributed by atoms with Gasteiger partial charge in [-0.2, -0.15) is 0 Å². The number of benzene rings is 1. The van der Waals surface area contributed by atoms with Gasteiger partial charge < -0.3 is 19.8 Å². The normalized spacial score (nSPS) is 9.81. The molecule has 16 heavy (non-hydrogen) atoms. The Morgan fingerprint density at radius 1 is 1.12 bits per heavy atom. The highest BCUT2D eigenvalue weighted by Crippen LogP contribution is 2.26. The second kappa shape index (κ2) is 4.15. The number of hydrogen-bond donors (Lipinski definition) is 0. The number of halogens is 1. The largest absolute Gasteiger partial charge is 0.545 e. The maximum absolute atomic E-state index is 10.5. The van der Waals surface area contributed by atoms with Crippen molar-refractivity contribution in [3.8, 4) is 0 Å². The average molecular weight is 244 g/mol. The van der Waals surface area contributed by atoms with Crippen LogP contribution in [-0.4, -0.2) is 16.9 Å². The molecule has 1 aromatic rings. The molecule has 0 aliphatic rings. The molecule has 1 rings (SSSR count). The lowest BCUT2D eigenvalue weighted by atomic mass is 10.1. The molecule has 0 N–H and O–H groups in total. The van der Waals surface area contributed by atoms with Gasteiger partial charge in [0, 0.05) is 11.6 Å². The summed E-state index contributed by atoms with van der Waals surface area (Å²) in [5.74, 6) is -3.60. The summed E-state index contributed by atoms with van der Waals surface area (Å²) in [6, 6.07) is 1.16. The second-order valence-electron chi connectivity index (χ2n) is 2.68. The first kappa shape index (κ1) is 11.9. The van der Waals surface area contributed by atoms with Gasteiger partial charge in [-0.15, -0.1) is 0 Å². The summed E-state index contributed by atoms with van der Waals surface area (Å²) >= 11 is 5.41. The maximum Gasteiger partial charge on any atom is 0.279 e. The molecule has 84 valence electrons. The molecule has 0 aliphatic heterocycles. The highest BCUT2D eigenvalue weighted by atomic mass is 35.5. The van der Waals surface area contributed by atoms with Gasteiger partial charge in [0.1, 0.15) is 0 Å². The Bertz CT molecular complexity index is 498. The summed E-state index contributed by atoms with van der Waals surface area (Å²) in [5.41, 5.74) is -2.35. The summed E-state index contributed by atoms with van der Waals surface area (Å²) < 4.78 is 0.